The van der Waals surface area contributed by atoms with E-state index in [2.05, 4.69) is 61.5 Å². The number of ether oxygens (including phenoxy) is 1. The molecule has 148 valence electrons. The number of aryl methyl sites for hydroxylation is 1. The highest BCUT2D eigenvalue weighted by Gasteiger charge is 2.20. The van der Waals surface area contributed by atoms with Crippen LogP contribution in [0.2, 0.25) is 0 Å². The molecule has 2 aromatic rings. The van der Waals surface area contributed by atoms with Crippen molar-refractivity contribution >= 4 is 0 Å². The highest BCUT2D eigenvalue weighted by atomic mass is 16.5. The summed E-state index contributed by atoms with van der Waals surface area (Å²) in [6, 6.07) is 19.9. The molecule has 0 heterocycles. The van der Waals surface area contributed by atoms with Crippen molar-refractivity contribution in [3.8, 4) is 22.9 Å². The number of nitrogens with zero attached hydrogens (tertiary/aromatic N) is 1. The minimum Gasteiger partial charge on any atom is -0.494 e. The Morgan fingerprint density at radius 2 is 1.54 bits per heavy atom. The zero-order valence-corrected chi connectivity index (χ0v) is 17.2. The Labute approximate surface area is 170 Å². The number of benzene rings is 2. The van der Waals surface area contributed by atoms with Gasteiger partial charge in [-0.15, -0.1) is 0 Å². The van der Waals surface area contributed by atoms with Crippen molar-refractivity contribution in [2.75, 3.05) is 6.61 Å². The second-order valence-corrected chi connectivity index (χ2v) is 8.16. The summed E-state index contributed by atoms with van der Waals surface area (Å²) in [5.74, 6) is 2.07. The van der Waals surface area contributed by atoms with E-state index in [1.807, 2.05) is 0 Å². The highest BCUT2D eigenvalue weighted by molar-refractivity contribution is 5.64. The second-order valence-electron chi connectivity index (χ2n) is 8.16. The van der Waals surface area contributed by atoms with Gasteiger partial charge in [0.2, 0.25) is 0 Å². The van der Waals surface area contributed by atoms with Gasteiger partial charge in [0.05, 0.1) is 12.7 Å². The molecule has 1 aliphatic rings. The van der Waals surface area contributed by atoms with E-state index in [1.54, 1.807) is 0 Å². The van der Waals surface area contributed by atoms with Crippen LogP contribution in [0.15, 0.2) is 48.5 Å². The van der Waals surface area contributed by atoms with Crippen LogP contribution in [-0.2, 0) is 6.42 Å². The van der Waals surface area contributed by atoms with Crippen molar-refractivity contribution in [2.45, 2.75) is 64.7 Å². The van der Waals surface area contributed by atoms with Crippen LogP contribution in [0.5, 0.6) is 5.75 Å². The van der Waals surface area contributed by atoms with Crippen molar-refractivity contribution in [3.05, 3.63) is 54.1 Å². The molecule has 0 atom stereocenters. The fourth-order valence-electron chi connectivity index (χ4n) is 4.10. The predicted octanol–water partition coefficient (Wildman–Crippen LogP) is 7.19. The van der Waals surface area contributed by atoms with Crippen LogP contribution in [-0.4, -0.2) is 6.61 Å². The molecular weight excluding hydrogens is 342 g/mol. The largest absolute Gasteiger partial charge is 0.494 e. The molecule has 0 saturated heterocycles. The summed E-state index contributed by atoms with van der Waals surface area (Å²) in [4.78, 5) is 0. The molecule has 2 aromatic carbocycles. The molecule has 3 rings (SSSR count). The summed E-state index contributed by atoms with van der Waals surface area (Å²) in [7, 11) is 0. The minimum absolute atomic E-state index is 0.309. The average molecular weight is 376 g/mol. The molecule has 28 heavy (non-hydrogen) atoms. The van der Waals surface area contributed by atoms with Gasteiger partial charge in [-0.2, -0.15) is 5.26 Å². The van der Waals surface area contributed by atoms with Crippen molar-refractivity contribution < 1.29 is 4.74 Å². The molecule has 0 aromatic heterocycles. The Kier molecular flexibility index (Phi) is 7.97. The van der Waals surface area contributed by atoms with E-state index in [0.29, 0.717) is 5.92 Å². The van der Waals surface area contributed by atoms with Crippen molar-refractivity contribution in [2.24, 2.45) is 11.8 Å². The van der Waals surface area contributed by atoms with Gasteiger partial charge in [-0.1, -0.05) is 56.2 Å². The topological polar surface area (TPSA) is 33.0 Å². The second kappa shape index (κ2) is 10.9. The normalized spacial score (nSPS) is 19.1. The molecule has 1 fully saturated rings. The first kappa shape index (κ1) is 20.5. The smallest absolute Gasteiger partial charge is 0.119 e. The maximum absolute atomic E-state index is 9.02. The molecule has 0 amide bonds. The molecule has 1 aliphatic carbocycles. The summed E-state index contributed by atoms with van der Waals surface area (Å²) < 4.78 is 5.80. The Balaban J connectivity index is 1.47. The quantitative estimate of drug-likeness (QED) is 0.435. The number of hydrogen-bond acceptors (Lipinski definition) is 2. The molecule has 2 heteroatoms. The lowest BCUT2D eigenvalue weighted by Crippen LogP contribution is -2.13. The third-order valence-electron chi connectivity index (χ3n) is 6.03. The Hall–Kier alpha value is -2.27. The molecule has 0 radical (unpaired) electrons. The third-order valence-corrected chi connectivity index (χ3v) is 6.03. The molecule has 2 nitrogen and oxygen atoms in total. The lowest BCUT2D eigenvalue weighted by molar-refractivity contribution is 0.300. The van der Waals surface area contributed by atoms with Crippen LogP contribution in [0.1, 0.15) is 63.9 Å². The molecule has 0 N–H and O–H groups in total. The van der Waals surface area contributed by atoms with E-state index in [-0.39, 0.29) is 0 Å². The standard InChI is InChI=1S/C26H33NO/c1-2-3-4-19-28-26-17-15-25(16-18-26)24-13-11-22(12-14-24)6-5-21-7-9-23(20-27)10-8-21/h11-18,21,23H,2-10,19H2,1H3. The van der Waals surface area contributed by atoms with Crippen LogP contribution in [0, 0.1) is 23.2 Å². The molecular formula is C26H33NO. The first-order chi connectivity index (χ1) is 13.8. The van der Waals surface area contributed by atoms with E-state index in [9.17, 15) is 0 Å². The van der Waals surface area contributed by atoms with Crippen LogP contribution in [0.25, 0.3) is 11.1 Å². The van der Waals surface area contributed by atoms with Gasteiger partial charge >= 0.3 is 0 Å². The fraction of sp³-hybridized carbons (Fsp3) is 0.500. The fourth-order valence-corrected chi connectivity index (χ4v) is 4.10. The molecule has 0 unspecified atom stereocenters. The zero-order chi connectivity index (χ0) is 19.6. The van der Waals surface area contributed by atoms with Gasteiger partial charge in [0.1, 0.15) is 5.75 Å². The minimum atomic E-state index is 0.309. The Morgan fingerprint density at radius 3 is 2.14 bits per heavy atom. The molecule has 0 spiro atoms. The number of unbranched alkanes of at least 4 members (excludes halogenated alkanes) is 2. The van der Waals surface area contributed by atoms with E-state index in [0.717, 1.165) is 44.0 Å². The van der Waals surface area contributed by atoms with Gasteiger partial charge < -0.3 is 4.74 Å². The van der Waals surface area contributed by atoms with Gasteiger partial charge in [-0.25, -0.2) is 0 Å². The lowest BCUT2D eigenvalue weighted by Gasteiger charge is -2.24. The van der Waals surface area contributed by atoms with Gasteiger partial charge in [0, 0.05) is 5.92 Å². The van der Waals surface area contributed by atoms with Crippen LogP contribution in [0.3, 0.4) is 0 Å². The van der Waals surface area contributed by atoms with Gasteiger partial charge in [-0.05, 0) is 79.7 Å². The van der Waals surface area contributed by atoms with Gasteiger partial charge in [0.25, 0.3) is 0 Å². The van der Waals surface area contributed by atoms with Crippen LogP contribution >= 0.6 is 0 Å². The maximum atomic E-state index is 9.02. The average Bonchev–Trinajstić information content (AvgIpc) is 2.76. The maximum Gasteiger partial charge on any atom is 0.119 e. The number of rotatable bonds is 9. The number of hydrogen-bond donors (Lipinski definition) is 0. The highest BCUT2D eigenvalue weighted by Crippen LogP contribution is 2.31. The zero-order valence-electron chi connectivity index (χ0n) is 17.2. The summed E-state index contributed by atoms with van der Waals surface area (Å²) >= 11 is 0. The Morgan fingerprint density at radius 1 is 0.893 bits per heavy atom. The van der Waals surface area contributed by atoms with Crippen LogP contribution in [0.4, 0.5) is 0 Å². The van der Waals surface area contributed by atoms with E-state index in [1.165, 1.54) is 48.8 Å². The molecule has 0 aliphatic heterocycles. The monoisotopic (exact) mass is 375 g/mol. The van der Waals surface area contributed by atoms with Crippen LogP contribution < -0.4 is 4.74 Å². The van der Waals surface area contributed by atoms with E-state index < -0.39 is 0 Å². The molecule has 0 bridgehead atoms. The first-order valence-electron chi connectivity index (χ1n) is 11.0. The van der Waals surface area contributed by atoms with Gasteiger partial charge in [-0.3, -0.25) is 0 Å². The summed E-state index contributed by atoms with van der Waals surface area (Å²) in [5.41, 5.74) is 3.92. The Bertz CT molecular complexity index is 733. The lowest BCUT2D eigenvalue weighted by atomic mass is 9.80. The van der Waals surface area contributed by atoms with Gasteiger partial charge in [0.15, 0.2) is 0 Å². The van der Waals surface area contributed by atoms with E-state index >= 15 is 0 Å². The SMILES string of the molecule is CCCCCOc1ccc(-c2ccc(CCC3CCC(C#N)CC3)cc2)cc1. The van der Waals surface area contributed by atoms with Crippen molar-refractivity contribution in [3.63, 3.8) is 0 Å². The summed E-state index contributed by atoms with van der Waals surface area (Å²) in [6.45, 7) is 3.01. The predicted molar refractivity (Wildman–Crippen MR) is 116 cm³/mol. The van der Waals surface area contributed by atoms with E-state index in [4.69, 9.17) is 10.00 Å². The summed E-state index contributed by atoms with van der Waals surface area (Å²) in [6.07, 6.45) is 10.6. The first-order valence-corrected chi connectivity index (χ1v) is 11.0. The third kappa shape index (κ3) is 6.13. The summed E-state index contributed by atoms with van der Waals surface area (Å²) in [5, 5.41) is 9.02. The van der Waals surface area contributed by atoms with Crippen molar-refractivity contribution in [1.82, 2.24) is 0 Å². The molecule has 1 saturated carbocycles. The van der Waals surface area contributed by atoms with Crippen molar-refractivity contribution in [1.29, 1.82) is 5.26 Å². The number of nitriles is 1.